The monoisotopic (exact) mass is 177 g/mol. The van der Waals surface area contributed by atoms with E-state index in [1.54, 1.807) is 0 Å². The number of pyridine rings is 1. The van der Waals surface area contributed by atoms with Crippen molar-refractivity contribution in [3.8, 4) is 0 Å². The number of rotatable bonds is 0. The molecule has 0 amide bonds. The second-order valence-electron chi connectivity index (χ2n) is 3.77. The number of hydrogen-bond acceptors (Lipinski definition) is 1. The predicted octanol–water partition coefficient (Wildman–Crippen LogP) is -4.96. The Labute approximate surface area is 96.8 Å². The van der Waals surface area contributed by atoms with E-state index in [4.69, 9.17) is 0 Å². The van der Waals surface area contributed by atoms with Gasteiger partial charge in [-0.2, -0.15) is 0 Å². The Morgan fingerprint density at radius 3 is 1.73 bits per heavy atom. The van der Waals surface area contributed by atoms with Gasteiger partial charge in [-0.1, -0.05) is 16.5 Å². The second-order valence-corrected chi connectivity index (χ2v) is 3.77. The molecule has 0 N–H and O–H groups in total. The van der Waals surface area contributed by atoms with Gasteiger partial charge in [-0.3, -0.25) is 4.98 Å². The highest BCUT2D eigenvalue weighted by Gasteiger charge is 2.21. The summed E-state index contributed by atoms with van der Waals surface area (Å²) in [6.45, 7) is 2.16. The first-order valence-corrected chi connectivity index (χ1v) is 5.10. The normalized spacial score (nSPS) is 15.3. The first-order valence-electron chi connectivity index (χ1n) is 5.10. The molecule has 1 aromatic heterocycles. The van der Waals surface area contributed by atoms with Crippen LogP contribution in [0.25, 0.3) is 0 Å². The molecule has 8 radical (unpaired) electrons. The highest BCUT2D eigenvalue weighted by molar-refractivity contribution is 7.52. The standard InChI is InChI=1S/C6H3B8N/c1-2-3-5(9-13-11-7-3)15-6-4(2)8-12-14-10-6/h1H3. The van der Waals surface area contributed by atoms with E-state index in [0.717, 1.165) is 11.2 Å². The number of aromatic nitrogens is 1. The smallest absolute Gasteiger partial charge is 0.120 e. The maximum Gasteiger partial charge on any atom is 0.120 e. The van der Waals surface area contributed by atoms with E-state index in [0.29, 0.717) is 0 Å². The van der Waals surface area contributed by atoms with Crippen molar-refractivity contribution in [3.63, 3.8) is 0 Å². The summed E-state index contributed by atoms with van der Waals surface area (Å²) in [5, 5.41) is 0. The lowest BCUT2D eigenvalue weighted by molar-refractivity contribution is 1.44. The highest BCUT2D eigenvalue weighted by atomic mass is 14.7. The Hall–Kier alpha value is -0.331. The van der Waals surface area contributed by atoms with Crippen molar-refractivity contribution >= 4 is 79.0 Å². The topological polar surface area (TPSA) is 12.9 Å². The van der Waals surface area contributed by atoms with Crippen LogP contribution < -0.4 is 22.1 Å². The Balaban J connectivity index is 2.16. The zero-order valence-corrected chi connectivity index (χ0v) is 8.57. The average Bonchev–Trinajstić information content (AvgIpc) is 2.30. The van der Waals surface area contributed by atoms with Gasteiger partial charge in [0, 0.05) is 28.2 Å². The first kappa shape index (κ1) is 9.86. The van der Waals surface area contributed by atoms with E-state index in [9.17, 15) is 0 Å². The maximum atomic E-state index is 4.64. The number of fused-ring (bicyclic) bond motifs is 2. The van der Waals surface area contributed by atoms with Gasteiger partial charge in [-0.25, -0.2) is 0 Å². The van der Waals surface area contributed by atoms with Crippen LogP contribution in [-0.2, 0) is 0 Å². The van der Waals surface area contributed by atoms with Gasteiger partial charge in [0.05, 0.1) is 14.3 Å². The zero-order valence-electron chi connectivity index (χ0n) is 8.57. The average molecular weight is 176 g/mol. The van der Waals surface area contributed by atoms with Crippen LogP contribution in [0, 0.1) is 6.92 Å². The van der Waals surface area contributed by atoms with Gasteiger partial charge in [0.25, 0.3) is 0 Å². The largest absolute Gasteiger partial charge is 0.282 e. The van der Waals surface area contributed by atoms with Crippen LogP contribution in [0.2, 0.25) is 0 Å². The van der Waals surface area contributed by atoms with Crippen LogP contribution in [0.15, 0.2) is 0 Å². The fraction of sp³-hybridized carbons (Fsp3) is 0.167. The van der Waals surface area contributed by atoms with Crippen molar-refractivity contribution in [2.24, 2.45) is 0 Å². The van der Waals surface area contributed by atoms with E-state index in [1.807, 2.05) is 14.1 Å². The van der Waals surface area contributed by atoms with Crippen LogP contribution in [0.3, 0.4) is 0 Å². The van der Waals surface area contributed by atoms with Crippen LogP contribution >= 0.6 is 0 Å². The first-order chi connectivity index (χ1) is 7.36. The molecular weight excluding hydrogens is 173 g/mol. The van der Waals surface area contributed by atoms with Crippen LogP contribution in [0.4, 0.5) is 0 Å². The summed E-state index contributed by atoms with van der Waals surface area (Å²) in [7, 11) is 16.6. The van der Waals surface area contributed by atoms with Crippen molar-refractivity contribution < 1.29 is 0 Å². The summed E-state index contributed by atoms with van der Waals surface area (Å²) < 4.78 is 0. The molecule has 0 spiro atoms. The molecule has 0 saturated carbocycles. The van der Waals surface area contributed by atoms with Crippen molar-refractivity contribution in [2.45, 2.75) is 6.92 Å². The van der Waals surface area contributed by atoms with Crippen LogP contribution in [0.1, 0.15) is 5.56 Å². The van der Waals surface area contributed by atoms with Crippen molar-refractivity contribution in [1.29, 1.82) is 0 Å². The minimum Gasteiger partial charge on any atom is -0.282 e. The highest BCUT2D eigenvalue weighted by Crippen LogP contribution is 1.88. The van der Waals surface area contributed by atoms with Gasteiger partial charge in [-0.05, 0) is 18.1 Å². The third-order valence-corrected chi connectivity index (χ3v) is 2.86. The molecule has 3 heterocycles. The van der Waals surface area contributed by atoms with E-state index in [1.165, 1.54) is 16.5 Å². The summed E-state index contributed by atoms with van der Waals surface area (Å²) in [5.41, 5.74) is 5.96. The molecule has 2 aliphatic heterocycles. The molecule has 1 aromatic rings. The molecule has 2 aliphatic rings. The van der Waals surface area contributed by atoms with Gasteiger partial charge in [0.2, 0.25) is 0 Å². The molecule has 0 bridgehead atoms. The molecule has 3 rings (SSSR count). The molecular formula is C6H3B8N. The van der Waals surface area contributed by atoms with Gasteiger partial charge in [0.15, 0.2) is 0 Å². The molecule has 56 valence electrons. The minimum atomic E-state index is 1.08. The summed E-state index contributed by atoms with van der Waals surface area (Å²) >= 11 is 0. The number of hydrogen-bond donors (Lipinski definition) is 0. The molecule has 0 saturated heterocycles. The summed E-state index contributed by atoms with van der Waals surface area (Å²) in [4.78, 5) is 4.64. The lowest BCUT2D eigenvalue weighted by Gasteiger charge is -2.24. The molecule has 0 fully saturated rings. The zero-order chi connectivity index (χ0) is 10.3. The summed E-state index contributed by atoms with van der Waals surface area (Å²) in [6.07, 6.45) is 0. The van der Waals surface area contributed by atoms with Crippen molar-refractivity contribution in [1.82, 2.24) is 4.98 Å². The molecule has 15 heavy (non-hydrogen) atoms. The quantitative estimate of drug-likeness (QED) is 0.360. The fourth-order valence-corrected chi connectivity index (χ4v) is 2.05. The van der Waals surface area contributed by atoms with E-state index >= 15 is 0 Å². The lowest BCUT2D eigenvalue weighted by Crippen LogP contribution is -2.62. The third-order valence-electron chi connectivity index (χ3n) is 2.86. The molecule has 1 nitrogen and oxygen atoms in total. The Morgan fingerprint density at radius 2 is 1.20 bits per heavy atom. The van der Waals surface area contributed by atoms with Crippen molar-refractivity contribution in [3.05, 3.63) is 5.56 Å². The number of nitrogens with zero attached hydrogens (tertiary/aromatic N) is 1. The maximum absolute atomic E-state index is 4.64. The molecule has 0 aromatic carbocycles. The van der Waals surface area contributed by atoms with Crippen LogP contribution in [-0.4, -0.2) is 61.9 Å². The van der Waals surface area contributed by atoms with Crippen LogP contribution in [0.5, 0.6) is 0 Å². The summed E-state index contributed by atoms with van der Waals surface area (Å²) in [5.74, 6) is 0. The Bertz CT molecular complexity index is 372. The molecule has 0 aliphatic carbocycles. The van der Waals surface area contributed by atoms with E-state index in [-0.39, 0.29) is 0 Å². The van der Waals surface area contributed by atoms with Gasteiger partial charge >= 0.3 is 0 Å². The second kappa shape index (κ2) is 3.92. The third kappa shape index (κ3) is 1.64. The molecule has 9 heteroatoms. The van der Waals surface area contributed by atoms with Gasteiger partial charge in [-0.15, -0.1) is 0 Å². The SMILES string of the molecule is Cc1c2c(nc3c1[B][B][B][B]3)[B][B][B][B]2. The van der Waals surface area contributed by atoms with Crippen molar-refractivity contribution in [2.75, 3.05) is 0 Å². The van der Waals surface area contributed by atoms with Gasteiger partial charge < -0.3 is 0 Å². The lowest BCUT2D eigenvalue weighted by atomic mass is 9.01. The van der Waals surface area contributed by atoms with E-state index < -0.39 is 0 Å². The Kier molecular flexibility index (Phi) is 2.58. The van der Waals surface area contributed by atoms with Gasteiger partial charge in [0.1, 0.15) is 14.3 Å². The Morgan fingerprint density at radius 1 is 0.733 bits per heavy atom. The van der Waals surface area contributed by atoms with E-state index in [2.05, 4.69) is 54.7 Å². The molecule has 0 unspecified atom stereocenters. The minimum absolute atomic E-state index is 1.08. The fourth-order valence-electron chi connectivity index (χ4n) is 2.05. The summed E-state index contributed by atoms with van der Waals surface area (Å²) in [6, 6.07) is 0. The molecule has 0 atom stereocenters. The predicted molar refractivity (Wildman–Crippen MR) is 73.5 cm³/mol.